The number of rotatable bonds is 0. The van der Waals surface area contributed by atoms with Crippen LogP contribution >= 0.6 is 15.9 Å². The molecule has 0 bridgehead atoms. The third-order valence-electron chi connectivity index (χ3n) is 1.80. The van der Waals surface area contributed by atoms with E-state index in [-0.39, 0.29) is 11.4 Å². The molecule has 0 aliphatic rings. The molecule has 0 spiro atoms. The van der Waals surface area contributed by atoms with Crippen molar-refractivity contribution >= 4 is 22.0 Å². The maximum Gasteiger partial charge on any atom is 0.346 e. The van der Waals surface area contributed by atoms with E-state index in [9.17, 15) is 4.79 Å². The molecule has 5 nitrogen and oxygen atoms in total. The molecule has 0 fully saturated rings. The molecule has 1 heterocycles. The standard InChI is InChI=1S/C9H15BrN4O/c1-9(2,3)6-11-7(10)14(12-6)8(15)13(4)5/h1-5H3. The van der Waals surface area contributed by atoms with E-state index in [2.05, 4.69) is 26.0 Å². The number of nitrogens with zero attached hydrogens (tertiary/aromatic N) is 4. The van der Waals surface area contributed by atoms with Crippen molar-refractivity contribution in [2.45, 2.75) is 26.2 Å². The summed E-state index contributed by atoms with van der Waals surface area (Å²) in [6, 6.07) is -0.218. The van der Waals surface area contributed by atoms with Gasteiger partial charge in [0.15, 0.2) is 5.82 Å². The van der Waals surface area contributed by atoms with E-state index in [1.165, 1.54) is 9.58 Å². The number of hydrogen-bond donors (Lipinski definition) is 0. The van der Waals surface area contributed by atoms with E-state index >= 15 is 0 Å². The Morgan fingerprint density at radius 3 is 2.27 bits per heavy atom. The van der Waals surface area contributed by atoms with Gasteiger partial charge in [-0.25, -0.2) is 9.78 Å². The van der Waals surface area contributed by atoms with Gasteiger partial charge in [-0.05, 0) is 15.9 Å². The van der Waals surface area contributed by atoms with E-state index < -0.39 is 0 Å². The molecule has 15 heavy (non-hydrogen) atoms. The molecule has 1 aromatic heterocycles. The van der Waals surface area contributed by atoms with E-state index in [0.717, 1.165) is 0 Å². The van der Waals surface area contributed by atoms with Gasteiger partial charge < -0.3 is 4.90 Å². The van der Waals surface area contributed by atoms with E-state index in [0.29, 0.717) is 10.6 Å². The molecule has 0 saturated heterocycles. The molecule has 1 amide bonds. The van der Waals surface area contributed by atoms with Crippen LogP contribution in [0.15, 0.2) is 4.73 Å². The number of aromatic nitrogens is 3. The van der Waals surface area contributed by atoms with E-state index in [4.69, 9.17) is 0 Å². The average Bonchev–Trinajstić information content (AvgIpc) is 2.45. The molecule has 6 heteroatoms. The average molecular weight is 275 g/mol. The van der Waals surface area contributed by atoms with Crippen LogP contribution in [0.5, 0.6) is 0 Å². The summed E-state index contributed by atoms with van der Waals surface area (Å²) in [4.78, 5) is 17.3. The second-order valence-corrected chi connectivity index (χ2v) is 5.25. The summed E-state index contributed by atoms with van der Waals surface area (Å²) in [5.74, 6) is 0.643. The number of halogens is 1. The Balaban J connectivity index is 3.13. The fourth-order valence-electron chi connectivity index (χ4n) is 0.922. The summed E-state index contributed by atoms with van der Waals surface area (Å²) in [5.41, 5.74) is -0.166. The summed E-state index contributed by atoms with van der Waals surface area (Å²) >= 11 is 3.22. The Morgan fingerprint density at radius 2 is 1.93 bits per heavy atom. The second-order valence-electron chi connectivity index (χ2n) is 4.54. The Kier molecular flexibility index (Phi) is 3.18. The van der Waals surface area contributed by atoms with Gasteiger partial charge in [-0.3, -0.25) is 0 Å². The first kappa shape index (κ1) is 12.2. The van der Waals surface area contributed by atoms with Crippen LogP contribution in [-0.4, -0.2) is 39.8 Å². The van der Waals surface area contributed by atoms with Crippen molar-refractivity contribution < 1.29 is 4.79 Å². The van der Waals surface area contributed by atoms with Crippen LogP contribution < -0.4 is 0 Å². The SMILES string of the molecule is CN(C)C(=O)n1nc(C(C)(C)C)nc1Br. The van der Waals surface area contributed by atoms with Gasteiger partial charge in [-0.2, -0.15) is 4.68 Å². The van der Waals surface area contributed by atoms with Crippen LogP contribution in [-0.2, 0) is 5.41 Å². The summed E-state index contributed by atoms with van der Waals surface area (Å²) in [6.45, 7) is 6.00. The van der Waals surface area contributed by atoms with E-state index in [1.807, 2.05) is 20.8 Å². The first-order valence-electron chi connectivity index (χ1n) is 4.58. The van der Waals surface area contributed by atoms with Crippen LogP contribution in [0.4, 0.5) is 4.79 Å². The second kappa shape index (κ2) is 3.92. The molecule has 0 aliphatic carbocycles. The van der Waals surface area contributed by atoms with Gasteiger partial charge in [-0.15, -0.1) is 5.10 Å². The topological polar surface area (TPSA) is 51.0 Å². The largest absolute Gasteiger partial charge is 0.346 e. The lowest BCUT2D eigenvalue weighted by atomic mass is 9.96. The van der Waals surface area contributed by atoms with Crippen LogP contribution in [0, 0.1) is 0 Å². The van der Waals surface area contributed by atoms with Gasteiger partial charge in [0.2, 0.25) is 4.73 Å². The highest BCUT2D eigenvalue weighted by Crippen LogP contribution is 2.20. The van der Waals surface area contributed by atoms with Crippen LogP contribution in [0.2, 0.25) is 0 Å². The Morgan fingerprint density at radius 1 is 1.40 bits per heavy atom. The maximum absolute atomic E-state index is 11.7. The zero-order chi connectivity index (χ0) is 11.8. The highest BCUT2D eigenvalue weighted by Gasteiger charge is 2.23. The monoisotopic (exact) mass is 274 g/mol. The van der Waals surface area contributed by atoms with Crippen molar-refractivity contribution in [1.82, 2.24) is 19.7 Å². The molecule has 1 aromatic rings. The maximum atomic E-state index is 11.7. The Labute approximate surface area is 97.6 Å². The highest BCUT2D eigenvalue weighted by molar-refractivity contribution is 9.10. The van der Waals surface area contributed by atoms with Gasteiger partial charge in [-0.1, -0.05) is 20.8 Å². The van der Waals surface area contributed by atoms with Crippen molar-refractivity contribution in [2.24, 2.45) is 0 Å². The minimum Gasteiger partial charge on any atom is -0.329 e. The Hall–Kier alpha value is -0.910. The molecule has 0 aromatic carbocycles. The zero-order valence-electron chi connectivity index (χ0n) is 9.58. The van der Waals surface area contributed by atoms with Crippen molar-refractivity contribution in [1.29, 1.82) is 0 Å². The van der Waals surface area contributed by atoms with Crippen molar-refractivity contribution in [2.75, 3.05) is 14.1 Å². The minimum atomic E-state index is -0.218. The molecule has 0 aliphatic heterocycles. The van der Waals surface area contributed by atoms with Gasteiger partial charge in [0.25, 0.3) is 0 Å². The predicted molar refractivity (Wildman–Crippen MR) is 60.9 cm³/mol. The van der Waals surface area contributed by atoms with Crippen molar-refractivity contribution in [3.05, 3.63) is 10.6 Å². The summed E-state index contributed by atoms with van der Waals surface area (Å²) in [6.07, 6.45) is 0. The van der Waals surface area contributed by atoms with Crippen LogP contribution in [0.1, 0.15) is 26.6 Å². The molecular formula is C9H15BrN4O. The van der Waals surface area contributed by atoms with Gasteiger partial charge >= 0.3 is 6.03 Å². The normalized spacial score (nSPS) is 11.6. The molecule has 84 valence electrons. The molecule has 1 rings (SSSR count). The summed E-state index contributed by atoms with van der Waals surface area (Å²) < 4.78 is 1.69. The van der Waals surface area contributed by atoms with Crippen molar-refractivity contribution in [3.63, 3.8) is 0 Å². The molecule has 0 N–H and O–H groups in total. The lowest BCUT2D eigenvalue weighted by Crippen LogP contribution is -2.28. The molecule has 0 saturated carbocycles. The highest BCUT2D eigenvalue weighted by atomic mass is 79.9. The third kappa shape index (κ3) is 2.56. The van der Waals surface area contributed by atoms with Crippen LogP contribution in [0.3, 0.4) is 0 Å². The molecule has 0 unspecified atom stereocenters. The minimum absolute atomic E-state index is 0.166. The third-order valence-corrected chi connectivity index (χ3v) is 2.32. The number of carbonyl (C=O) groups is 1. The van der Waals surface area contributed by atoms with Crippen LogP contribution in [0.25, 0.3) is 0 Å². The number of hydrogen-bond acceptors (Lipinski definition) is 3. The number of carbonyl (C=O) groups excluding carboxylic acids is 1. The number of amides is 1. The molecule has 0 radical (unpaired) electrons. The van der Waals surface area contributed by atoms with Gasteiger partial charge in [0, 0.05) is 19.5 Å². The Bertz CT molecular complexity index is 378. The van der Waals surface area contributed by atoms with Gasteiger partial charge in [0.05, 0.1) is 0 Å². The smallest absolute Gasteiger partial charge is 0.329 e. The fraction of sp³-hybridized carbons (Fsp3) is 0.667. The van der Waals surface area contributed by atoms with Gasteiger partial charge in [0.1, 0.15) is 0 Å². The quantitative estimate of drug-likeness (QED) is 0.726. The molecule has 0 atom stereocenters. The summed E-state index contributed by atoms with van der Waals surface area (Å²) in [7, 11) is 3.35. The van der Waals surface area contributed by atoms with E-state index in [1.54, 1.807) is 14.1 Å². The first-order chi connectivity index (χ1) is 6.73. The lowest BCUT2D eigenvalue weighted by Gasteiger charge is -2.12. The first-order valence-corrected chi connectivity index (χ1v) is 5.37. The summed E-state index contributed by atoms with van der Waals surface area (Å²) in [5, 5.41) is 4.17. The zero-order valence-corrected chi connectivity index (χ0v) is 11.2. The molecular weight excluding hydrogens is 260 g/mol. The fourth-order valence-corrected chi connectivity index (χ4v) is 1.32. The predicted octanol–water partition coefficient (Wildman–Crippen LogP) is 1.87. The lowest BCUT2D eigenvalue weighted by molar-refractivity contribution is 0.215. The van der Waals surface area contributed by atoms with Crippen molar-refractivity contribution in [3.8, 4) is 0 Å².